The molecule has 1 aliphatic rings. The first-order valence-corrected chi connectivity index (χ1v) is 10.1. The van der Waals surface area contributed by atoms with Crippen molar-refractivity contribution in [3.8, 4) is 11.5 Å². The number of amides is 1. The number of carbonyl (C=O) groups is 1. The summed E-state index contributed by atoms with van der Waals surface area (Å²) in [6.07, 6.45) is 0. The Balaban J connectivity index is 1.64. The third-order valence-corrected chi connectivity index (χ3v) is 6.12. The van der Waals surface area contributed by atoms with E-state index in [1.807, 2.05) is 60.7 Å². The van der Waals surface area contributed by atoms with E-state index in [4.69, 9.17) is 27.9 Å². The molecule has 4 rings (SSSR count). The average Bonchev–Trinajstić information content (AvgIpc) is 3.07. The molecule has 1 saturated heterocycles. The third kappa shape index (κ3) is 3.93. The molecule has 27 heavy (non-hydrogen) atoms. The molecule has 1 amide bonds. The molecule has 1 unspecified atom stereocenters. The van der Waals surface area contributed by atoms with Crippen molar-refractivity contribution in [3.05, 3.63) is 88.4 Å². The van der Waals surface area contributed by atoms with E-state index in [-0.39, 0.29) is 11.3 Å². The van der Waals surface area contributed by atoms with Crippen molar-refractivity contribution >= 4 is 46.6 Å². The maximum Gasteiger partial charge on any atom is 0.238 e. The van der Waals surface area contributed by atoms with Gasteiger partial charge in [0.05, 0.1) is 15.8 Å². The highest BCUT2D eigenvalue weighted by molar-refractivity contribution is 8.00. The molecule has 0 radical (unpaired) electrons. The number of nitrogens with zero attached hydrogens (tertiary/aromatic N) is 1. The van der Waals surface area contributed by atoms with Gasteiger partial charge in [-0.3, -0.25) is 9.69 Å². The lowest BCUT2D eigenvalue weighted by Crippen LogP contribution is -2.27. The van der Waals surface area contributed by atoms with Crippen LogP contribution < -0.4 is 9.64 Å². The topological polar surface area (TPSA) is 29.5 Å². The molecule has 0 aromatic heterocycles. The number of hydrogen-bond acceptors (Lipinski definition) is 3. The highest BCUT2D eigenvalue weighted by atomic mass is 35.5. The van der Waals surface area contributed by atoms with Gasteiger partial charge in [-0.05, 0) is 48.0 Å². The highest BCUT2D eigenvalue weighted by Gasteiger charge is 2.34. The van der Waals surface area contributed by atoms with Crippen molar-refractivity contribution in [1.29, 1.82) is 0 Å². The first-order chi connectivity index (χ1) is 13.1. The Labute approximate surface area is 171 Å². The molecule has 3 nitrogen and oxygen atoms in total. The lowest BCUT2D eigenvalue weighted by Gasteiger charge is -2.25. The van der Waals surface area contributed by atoms with Crippen LogP contribution in [0.3, 0.4) is 0 Å². The molecule has 136 valence electrons. The minimum Gasteiger partial charge on any atom is -0.457 e. The van der Waals surface area contributed by atoms with Crippen LogP contribution in [-0.4, -0.2) is 11.7 Å². The molecule has 3 aromatic rings. The number of rotatable bonds is 4. The van der Waals surface area contributed by atoms with Crippen molar-refractivity contribution in [2.75, 3.05) is 10.7 Å². The SMILES string of the molecule is O=C1CSC(c2cccc(Oc3ccccc3)c2)N1c1ccc(Cl)c(Cl)c1. The first-order valence-electron chi connectivity index (χ1n) is 8.33. The molecule has 1 aliphatic heterocycles. The van der Waals surface area contributed by atoms with Gasteiger partial charge in [0.15, 0.2) is 0 Å². The molecule has 1 fully saturated rings. The second-order valence-electron chi connectivity index (χ2n) is 6.01. The van der Waals surface area contributed by atoms with Gasteiger partial charge in [-0.2, -0.15) is 0 Å². The molecular formula is C21H15Cl2NO2S. The van der Waals surface area contributed by atoms with Gasteiger partial charge >= 0.3 is 0 Å². The average molecular weight is 416 g/mol. The zero-order valence-electron chi connectivity index (χ0n) is 14.1. The van der Waals surface area contributed by atoms with Crippen LogP contribution in [0.15, 0.2) is 72.8 Å². The number of para-hydroxylation sites is 1. The lowest BCUT2D eigenvalue weighted by atomic mass is 10.1. The van der Waals surface area contributed by atoms with Crippen molar-refractivity contribution in [3.63, 3.8) is 0 Å². The summed E-state index contributed by atoms with van der Waals surface area (Å²) < 4.78 is 5.93. The molecule has 0 aliphatic carbocycles. The number of halogens is 2. The zero-order valence-corrected chi connectivity index (χ0v) is 16.5. The van der Waals surface area contributed by atoms with Gasteiger partial charge in [0.25, 0.3) is 0 Å². The van der Waals surface area contributed by atoms with E-state index in [0.29, 0.717) is 15.8 Å². The van der Waals surface area contributed by atoms with Gasteiger partial charge in [0.1, 0.15) is 16.9 Å². The van der Waals surface area contributed by atoms with Gasteiger partial charge in [-0.1, -0.05) is 53.5 Å². The van der Waals surface area contributed by atoms with Crippen LogP contribution in [0.5, 0.6) is 11.5 Å². The van der Waals surface area contributed by atoms with E-state index in [1.54, 1.807) is 28.8 Å². The molecule has 0 saturated carbocycles. The Bertz CT molecular complexity index is 981. The summed E-state index contributed by atoms with van der Waals surface area (Å²) in [6.45, 7) is 0. The summed E-state index contributed by atoms with van der Waals surface area (Å²) >= 11 is 13.7. The molecule has 0 bridgehead atoms. The van der Waals surface area contributed by atoms with E-state index in [9.17, 15) is 4.79 Å². The van der Waals surface area contributed by atoms with Crippen LogP contribution in [-0.2, 0) is 4.79 Å². The number of ether oxygens (including phenoxy) is 1. The van der Waals surface area contributed by atoms with Crippen molar-refractivity contribution in [1.82, 2.24) is 0 Å². The fraction of sp³-hybridized carbons (Fsp3) is 0.0952. The zero-order chi connectivity index (χ0) is 18.8. The molecular weight excluding hydrogens is 401 g/mol. The summed E-state index contributed by atoms with van der Waals surface area (Å²) in [6, 6.07) is 22.7. The molecule has 3 aromatic carbocycles. The van der Waals surface area contributed by atoms with Crippen LogP contribution in [0.1, 0.15) is 10.9 Å². The van der Waals surface area contributed by atoms with E-state index in [0.717, 1.165) is 22.7 Å². The van der Waals surface area contributed by atoms with E-state index in [1.165, 1.54) is 0 Å². The summed E-state index contributed by atoms with van der Waals surface area (Å²) in [5.41, 5.74) is 1.73. The fourth-order valence-corrected chi connectivity index (χ4v) is 4.40. The summed E-state index contributed by atoms with van der Waals surface area (Å²) in [5.74, 6) is 1.95. The predicted octanol–water partition coefficient (Wildman–Crippen LogP) is 6.56. The van der Waals surface area contributed by atoms with Crippen LogP contribution in [0.4, 0.5) is 5.69 Å². The minimum atomic E-state index is -0.144. The smallest absolute Gasteiger partial charge is 0.238 e. The van der Waals surface area contributed by atoms with Gasteiger partial charge < -0.3 is 4.74 Å². The molecule has 1 heterocycles. The van der Waals surface area contributed by atoms with E-state index in [2.05, 4.69) is 0 Å². The largest absolute Gasteiger partial charge is 0.457 e. The maximum absolute atomic E-state index is 12.5. The normalized spacial score (nSPS) is 16.6. The van der Waals surface area contributed by atoms with E-state index < -0.39 is 0 Å². The summed E-state index contributed by atoms with van der Waals surface area (Å²) in [5, 5.41) is 0.752. The summed E-state index contributed by atoms with van der Waals surface area (Å²) in [7, 11) is 0. The molecule has 6 heteroatoms. The number of anilines is 1. The standard InChI is InChI=1S/C21H15Cl2NO2S/c22-18-10-9-15(12-19(18)23)24-20(25)13-27-21(24)14-5-4-8-17(11-14)26-16-6-2-1-3-7-16/h1-12,21H,13H2. The van der Waals surface area contributed by atoms with Crippen molar-refractivity contribution in [2.24, 2.45) is 0 Å². The van der Waals surface area contributed by atoms with Crippen LogP contribution in [0.25, 0.3) is 0 Å². The lowest BCUT2D eigenvalue weighted by molar-refractivity contribution is -0.115. The number of carbonyl (C=O) groups excluding carboxylic acids is 1. The molecule has 1 atom stereocenters. The number of benzene rings is 3. The van der Waals surface area contributed by atoms with Gasteiger partial charge in [-0.15, -0.1) is 11.8 Å². The molecule has 0 spiro atoms. The molecule has 0 N–H and O–H groups in total. The van der Waals surface area contributed by atoms with Crippen molar-refractivity contribution < 1.29 is 9.53 Å². The second kappa shape index (κ2) is 7.85. The van der Waals surface area contributed by atoms with Crippen LogP contribution in [0, 0.1) is 0 Å². The number of thioether (sulfide) groups is 1. The summed E-state index contributed by atoms with van der Waals surface area (Å²) in [4.78, 5) is 14.3. The Kier molecular flexibility index (Phi) is 5.30. The number of hydrogen-bond donors (Lipinski definition) is 0. The Morgan fingerprint density at radius 3 is 2.44 bits per heavy atom. The first kappa shape index (κ1) is 18.2. The van der Waals surface area contributed by atoms with E-state index >= 15 is 0 Å². The van der Waals surface area contributed by atoms with Crippen LogP contribution in [0.2, 0.25) is 10.0 Å². The maximum atomic E-state index is 12.5. The van der Waals surface area contributed by atoms with Gasteiger partial charge in [0.2, 0.25) is 5.91 Å². The minimum absolute atomic E-state index is 0.0396. The predicted molar refractivity (Wildman–Crippen MR) is 112 cm³/mol. The third-order valence-electron chi connectivity index (χ3n) is 4.17. The Morgan fingerprint density at radius 1 is 0.889 bits per heavy atom. The van der Waals surface area contributed by atoms with Crippen molar-refractivity contribution in [2.45, 2.75) is 5.37 Å². The van der Waals surface area contributed by atoms with Gasteiger partial charge in [-0.25, -0.2) is 0 Å². The highest BCUT2D eigenvalue weighted by Crippen LogP contribution is 2.43. The monoisotopic (exact) mass is 415 g/mol. The fourth-order valence-electron chi connectivity index (χ4n) is 2.94. The van der Waals surface area contributed by atoms with Gasteiger partial charge in [0, 0.05) is 5.69 Å². The quantitative estimate of drug-likeness (QED) is 0.482. The second-order valence-corrected chi connectivity index (χ2v) is 7.90. The Hall–Kier alpha value is -2.14. The Morgan fingerprint density at radius 2 is 1.67 bits per heavy atom. The van der Waals surface area contributed by atoms with Crippen LogP contribution >= 0.6 is 35.0 Å².